The highest BCUT2D eigenvalue weighted by atomic mass is 32.2. The van der Waals surface area contributed by atoms with Gasteiger partial charge in [0.15, 0.2) is 0 Å². The summed E-state index contributed by atoms with van der Waals surface area (Å²) in [6.45, 7) is 6.57. The molecule has 3 atom stereocenters. The lowest BCUT2D eigenvalue weighted by Gasteiger charge is -2.18. The van der Waals surface area contributed by atoms with Gasteiger partial charge in [0.05, 0.1) is 15.7 Å². The lowest BCUT2D eigenvalue weighted by molar-refractivity contribution is -0.384. The first-order valence-corrected chi connectivity index (χ1v) is 6.84. The standard InChI is InChI=1S/C12H16N2O3S/c1-12(2,3)18(17)13-8-11(13)9-4-6-10(7-5-9)14(15)16/h4-7,11H,8H2,1-3H3/t11-,13?,18-/m1/s1. The van der Waals surface area contributed by atoms with Crippen LogP contribution in [0.25, 0.3) is 0 Å². The molecule has 98 valence electrons. The third-order valence-electron chi connectivity index (χ3n) is 2.79. The minimum Gasteiger partial charge on any atom is -0.258 e. The van der Waals surface area contributed by atoms with Gasteiger partial charge in [-0.05, 0) is 26.3 Å². The molecular weight excluding hydrogens is 252 g/mol. The summed E-state index contributed by atoms with van der Waals surface area (Å²) in [7, 11) is -1.02. The van der Waals surface area contributed by atoms with Crippen LogP contribution in [0.3, 0.4) is 0 Å². The van der Waals surface area contributed by atoms with E-state index in [-0.39, 0.29) is 16.5 Å². The van der Waals surface area contributed by atoms with Crippen molar-refractivity contribution in [3.05, 3.63) is 39.9 Å². The van der Waals surface area contributed by atoms with E-state index in [1.165, 1.54) is 12.1 Å². The zero-order valence-electron chi connectivity index (χ0n) is 10.6. The van der Waals surface area contributed by atoms with Crippen LogP contribution in [0.15, 0.2) is 24.3 Å². The number of rotatable bonds is 3. The molecule has 0 radical (unpaired) electrons. The van der Waals surface area contributed by atoms with Gasteiger partial charge in [0, 0.05) is 18.7 Å². The van der Waals surface area contributed by atoms with E-state index in [0.717, 1.165) is 12.1 Å². The molecule has 1 aromatic carbocycles. The van der Waals surface area contributed by atoms with Crippen molar-refractivity contribution in [1.82, 2.24) is 4.31 Å². The lowest BCUT2D eigenvalue weighted by atomic mass is 10.1. The summed E-state index contributed by atoms with van der Waals surface area (Å²) < 4.78 is 13.8. The molecule has 1 aliphatic rings. The van der Waals surface area contributed by atoms with Gasteiger partial charge >= 0.3 is 0 Å². The summed E-state index contributed by atoms with van der Waals surface area (Å²) in [5, 5.41) is 10.5. The number of non-ortho nitro benzene ring substituents is 1. The van der Waals surface area contributed by atoms with E-state index in [1.807, 2.05) is 25.1 Å². The Kier molecular flexibility index (Phi) is 3.25. The minimum atomic E-state index is -1.02. The fourth-order valence-electron chi connectivity index (χ4n) is 1.75. The highest BCUT2D eigenvalue weighted by Crippen LogP contribution is 2.39. The van der Waals surface area contributed by atoms with Crippen molar-refractivity contribution >= 4 is 16.7 Å². The number of hydrogen-bond donors (Lipinski definition) is 0. The zero-order chi connectivity index (χ0) is 13.5. The normalized spacial score (nSPS) is 24.6. The van der Waals surface area contributed by atoms with E-state index >= 15 is 0 Å². The first-order valence-electron chi connectivity index (χ1n) is 5.73. The topological polar surface area (TPSA) is 63.2 Å². The van der Waals surface area contributed by atoms with Crippen molar-refractivity contribution in [3.8, 4) is 0 Å². The van der Waals surface area contributed by atoms with Crippen molar-refractivity contribution in [2.45, 2.75) is 31.6 Å². The van der Waals surface area contributed by atoms with Gasteiger partial charge in [-0.2, -0.15) is 0 Å². The Morgan fingerprint density at radius 2 is 1.89 bits per heavy atom. The summed E-state index contributed by atoms with van der Waals surface area (Å²) in [5.41, 5.74) is 1.07. The van der Waals surface area contributed by atoms with E-state index < -0.39 is 15.9 Å². The predicted molar refractivity (Wildman–Crippen MR) is 70.4 cm³/mol. The molecule has 0 spiro atoms. The van der Waals surface area contributed by atoms with Crippen LogP contribution in [0.1, 0.15) is 32.4 Å². The van der Waals surface area contributed by atoms with Crippen molar-refractivity contribution in [3.63, 3.8) is 0 Å². The summed E-state index contributed by atoms with van der Waals surface area (Å²) in [6, 6.07) is 6.59. The maximum Gasteiger partial charge on any atom is 0.269 e. The van der Waals surface area contributed by atoms with Crippen molar-refractivity contribution in [2.75, 3.05) is 6.54 Å². The zero-order valence-corrected chi connectivity index (χ0v) is 11.4. The molecule has 18 heavy (non-hydrogen) atoms. The summed E-state index contributed by atoms with van der Waals surface area (Å²) in [5.74, 6) is 0. The highest BCUT2D eigenvalue weighted by molar-refractivity contribution is 7.84. The molecule has 0 aliphatic carbocycles. The fourth-order valence-corrected chi connectivity index (χ4v) is 3.08. The van der Waals surface area contributed by atoms with Crippen molar-refractivity contribution in [1.29, 1.82) is 0 Å². The van der Waals surface area contributed by atoms with Crippen LogP contribution >= 0.6 is 0 Å². The number of nitro groups is 1. The lowest BCUT2D eigenvalue weighted by Crippen LogP contribution is -2.27. The van der Waals surface area contributed by atoms with E-state index in [0.29, 0.717) is 0 Å². The Bertz CT molecular complexity index is 493. The number of benzene rings is 1. The molecule has 0 saturated carbocycles. The molecule has 1 aromatic rings. The van der Waals surface area contributed by atoms with Gasteiger partial charge in [0.2, 0.25) is 0 Å². The Labute approximate surface area is 109 Å². The van der Waals surface area contributed by atoms with Gasteiger partial charge in [-0.3, -0.25) is 10.1 Å². The highest BCUT2D eigenvalue weighted by Gasteiger charge is 2.43. The Morgan fingerprint density at radius 1 is 1.33 bits per heavy atom. The minimum absolute atomic E-state index is 0.0860. The Balaban J connectivity index is 2.08. The first kappa shape index (κ1) is 13.2. The van der Waals surface area contributed by atoms with Crippen LogP contribution in [0.2, 0.25) is 0 Å². The summed E-state index contributed by atoms with van der Waals surface area (Å²) in [4.78, 5) is 10.1. The van der Waals surface area contributed by atoms with E-state index in [4.69, 9.17) is 0 Å². The molecule has 0 bridgehead atoms. The molecule has 1 unspecified atom stereocenters. The van der Waals surface area contributed by atoms with Crippen LogP contribution in [0.4, 0.5) is 5.69 Å². The molecule has 1 heterocycles. The van der Waals surface area contributed by atoms with E-state index in [2.05, 4.69) is 0 Å². The van der Waals surface area contributed by atoms with Crippen LogP contribution in [0, 0.1) is 10.1 Å². The fraction of sp³-hybridized carbons (Fsp3) is 0.500. The number of hydrogen-bond acceptors (Lipinski definition) is 3. The Morgan fingerprint density at radius 3 is 2.33 bits per heavy atom. The van der Waals surface area contributed by atoms with Crippen molar-refractivity contribution in [2.24, 2.45) is 0 Å². The molecule has 5 nitrogen and oxygen atoms in total. The molecular formula is C12H16N2O3S. The molecule has 6 heteroatoms. The molecule has 0 N–H and O–H groups in total. The third-order valence-corrected chi connectivity index (χ3v) is 4.67. The van der Waals surface area contributed by atoms with E-state index in [9.17, 15) is 14.3 Å². The van der Waals surface area contributed by atoms with Crippen LogP contribution in [-0.2, 0) is 11.0 Å². The Hall–Kier alpha value is -1.27. The van der Waals surface area contributed by atoms with Gasteiger partial charge in [-0.15, -0.1) is 0 Å². The van der Waals surface area contributed by atoms with E-state index in [1.54, 1.807) is 12.1 Å². The largest absolute Gasteiger partial charge is 0.269 e. The van der Waals surface area contributed by atoms with Gasteiger partial charge in [0.1, 0.15) is 11.0 Å². The van der Waals surface area contributed by atoms with Gasteiger partial charge in [-0.25, -0.2) is 8.51 Å². The molecule has 0 aromatic heterocycles. The van der Waals surface area contributed by atoms with Gasteiger partial charge in [0.25, 0.3) is 5.69 Å². The predicted octanol–water partition coefficient (Wildman–Crippen LogP) is 2.41. The average molecular weight is 268 g/mol. The smallest absolute Gasteiger partial charge is 0.258 e. The van der Waals surface area contributed by atoms with Gasteiger partial charge in [-0.1, -0.05) is 12.1 Å². The summed E-state index contributed by atoms with van der Waals surface area (Å²) in [6.07, 6.45) is 0. The van der Waals surface area contributed by atoms with Crippen LogP contribution < -0.4 is 0 Å². The number of nitro benzene ring substituents is 1. The average Bonchev–Trinajstić information content (AvgIpc) is 3.06. The van der Waals surface area contributed by atoms with Crippen LogP contribution in [-0.4, -0.2) is 24.7 Å². The third kappa shape index (κ3) is 2.59. The monoisotopic (exact) mass is 268 g/mol. The second-order valence-electron chi connectivity index (χ2n) is 5.33. The second-order valence-corrected chi connectivity index (χ2v) is 7.52. The second kappa shape index (κ2) is 4.44. The molecule has 1 saturated heterocycles. The van der Waals surface area contributed by atoms with Crippen molar-refractivity contribution < 1.29 is 9.13 Å². The number of nitrogens with zero attached hydrogens (tertiary/aromatic N) is 2. The quantitative estimate of drug-likeness (QED) is 0.480. The van der Waals surface area contributed by atoms with Gasteiger partial charge < -0.3 is 0 Å². The van der Waals surface area contributed by atoms with Crippen LogP contribution in [0.5, 0.6) is 0 Å². The summed E-state index contributed by atoms with van der Waals surface area (Å²) >= 11 is 0. The molecule has 1 aliphatic heterocycles. The maximum atomic E-state index is 12.1. The first-order chi connectivity index (χ1) is 8.30. The molecule has 0 amide bonds. The maximum absolute atomic E-state index is 12.1. The molecule has 1 fully saturated rings. The molecule has 2 rings (SSSR count). The SMILES string of the molecule is CC(C)(C)[S@@](=O)N1C[C@@H]1c1ccc([N+](=O)[O-])cc1.